The van der Waals surface area contributed by atoms with Crippen molar-refractivity contribution < 1.29 is 4.74 Å². The van der Waals surface area contributed by atoms with Gasteiger partial charge < -0.3 is 15.0 Å². The van der Waals surface area contributed by atoms with Gasteiger partial charge in [-0.3, -0.25) is 0 Å². The smallest absolute Gasteiger partial charge is 0.0613 e. The molecule has 1 aliphatic rings. The van der Waals surface area contributed by atoms with Gasteiger partial charge in [-0.1, -0.05) is 6.92 Å². The molecule has 14 heavy (non-hydrogen) atoms. The summed E-state index contributed by atoms with van der Waals surface area (Å²) >= 11 is 0. The molecule has 1 N–H and O–H groups in total. The molecule has 0 saturated carbocycles. The molecule has 1 rings (SSSR count). The molecule has 3 nitrogen and oxygen atoms in total. The third kappa shape index (κ3) is 3.95. The van der Waals surface area contributed by atoms with Gasteiger partial charge in [-0.25, -0.2) is 0 Å². The molecule has 1 fully saturated rings. The Hall–Kier alpha value is -0.120. The maximum Gasteiger partial charge on any atom is 0.0613 e. The van der Waals surface area contributed by atoms with Gasteiger partial charge in [-0.2, -0.15) is 0 Å². The summed E-state index contributed by atoms with van der Waals surface area (Å²) in [6.07, 6.45) is 2.63. The minimum atomic E-state index is 0.474. The van der Waals surface area contributed by atoms with Crippen molar-refractivity contribution in [2.75, 3.05) is 33.4 Å². The number of nitrogens with zero attached hydrogens (tertiary/aromatic N) is 1. The third-order valence-electron chi connectivity index (χ3n) is 2.89. The molecule has 0 aromatic carbocycles. The molecule has 1 aliphatic heterocycles. The second-order valence-corrected chi connectivity index (χ2v) is 4.26. The molecule has 3 heteroatoms. The van der Waals surface area contributed by atoms with Gasteiger partial charge in [-0.05, 0) is 32.9 Å². The van der Waals surface area contributed by atoms with Crippen LogP contribution in [0.1, 0.15) is 26.7 Å². The number of likely N-dealkylation sites (N-methyl/N-ethyl adjacent to an activating group) is 1. The Balaban J connectivity index is 2.22. The summed E-state index contributed by atoms with van der Waals surface area (Å²) in [5, 5.41) is 3.62. The predicted molar refractivity (Wildman–Crippen MR) is 59.6 cm³/mol. The Morgan fingerprint density at radius 2 is 2.36 bits per heavy atom. The van der Waals surface area contributed by atoms with Crippen LogP contribution in [0.15, 0.2) is 0 Å². The fourth-order valence-corrected chi connectivity index (χ4v) is 2.18. The van der Waals surface area contributed by atoms with Crippen molar-refractivity contribution in [2.24, 2.45) is 0 Å². The number of likely N-dealkylation sites (tertiary alicyclic amines) is 1. The zero-order valence-electron chi connectivity index (χ0n) is 9.75. The number of hydrogen-bond acceptors (Lipinski definition) is 3. The van der Waals surface area contributed by atoms with Gasteiger partial charge in [0.25, 0.3) is 0 Å². The van der Waals surface area contributed by atoms with Crippen molar-refractivity contribution in [1.82, 2.24) is 10.2 Å². The van der Waals surface area contributed by atoms with Gasteiger partial charge in [0.1, 0.15) is 0 Å². The zero-order chi connectivity index (χ0) is 10.4. The van der Waals surface area contributed by atoms with Crippen molar-refractivity contribution in [3.63, 3.8) is 0 Å². The lowest BCUT2D eigenvalue weighted by atomic mass is 10.1. The summed E-state index contributed by atoms with van der Waals surface area (Å²) in [7, 11) is 1.76. The van der Waals surface area contributed by atoms with Crippen LogP contribution >= 0.6 is 0 Å². The van der Waals surface area contributed by atoms with Gasteiger partial charge in [0, 0.05) is 25.7 Å². The second kappa shape index (κ2) is 6.38. The van der Waals surface area contributed by atoms with Gasteiger partial charge in [0.15, 0.2) is 0 Å². The Labute approximate surface area is 87.8 Å². The van der Waals surface area contributed by atoms with E-state index in [1.54, 1.807) is 7.11 Å². The monoisotopic (exact) mass is 200 g/mol. The van der Waals surface area contributed by atoms with Crippen molar-refractivity contribution in [3.8, 4) is 0 Å². The molecule has 84 valence electrons. The Morgan fingerprint density at radius 1 is 1.57 bits per heavy atom. The largest absolute Gasteiger partial charge is 0.383 e. The number of hydrogen-bond donors (Lipinski definition) is 1. The van der Waals surface area contributed by atoms with Crippen molar-refractivity contribution in [1.29, 1.82) is 0 Å². The fraction of sp³-hybridized carbons (Fsp3) is 1.00. The Kier molecular flexibility index (Phi) is 5.45. The van der Waals surface area contributed by atoms with Gasteiger partial charge in [0.2, 0.25) is 0 Å². The molecule has 1 saturated heterocycles. The first-order valence-electron chi connectivity index (χ1n) is 5.73. The Morgan fingerprint density at radius 3 is 3.00 bits per heavy atom. The number of nitrogens with one attached hydrogen (secondary N) is 1. The van der Waals surface area contributed by atoms with E-state index in [-0.39, 0.29) is 0 Å². The van der Waals surface area contributed by atoms with Crippen molar-refractivity contribution in [3.05, 3.63) is 0 Å². The van der Waals surface area contributed by atoms with Crippen LogP contribution in [0.2, 0.25) is 0 Å². The van der Waals surface area contributed by atoms with Crippen molar-refractivity contribution >= 4 is 0 Å². The quantitative estimate of drug-likeness (QED) is 0.719. The van der Waals surface area contributed by atoms with Crippen LogP contribution < -0.4 is 5.32 Å². The molecule has 0 bridgehead atoms. The van der Waals surface area contributed by atoms with E-state index in [2.05, 4.69) is 24.1 Å². The summed E-state index contributed by atoms with van der Waals surface area (Å²) in [5.74, 6) is 0. The minimum Gasteiger partial charge on any atom is -0.383 e. The van der Waals surface area contributed by atoms with Crippen LogP contribution in [0.3, 0.4) is 0 Å². The van der Waals surface area contributed by atoms with E-state index in [0.29, 0.717) is 12.1 Å². The lowest BCUT2D eigenvalue weighted by Crippen LogP contribution is -2.49. The summed E-state index contributed by atoms with van der Waals surface area (Å²) in [4.78, 5) is 2.51. The van der Waals surface area contributed by atoms with Crippen LogP contribution in [0.5, 0.6) is 0 Å². The maximum atomic E-state index is 5.12. The summed E-state index contributed by atoms with van der Waals surface area (Å²) in [5.41, 5.74) is 0. The topological polar surface area (TPSA) is 24.5 Å². The van der Waals surface area contributed by atoms with Crippen LogP contribution in [-0.2, 0) is 4.74 Å². The van der Waals surface area contributed by atoms with E-state index in [1.165, 1.54) is 32.5 Å². The normalized spacial score (nSPS) is 26.4. The molecule has 0 aliphatic carbocycles. The van der Waals surface area contributed by atoms with Gasteiger partial charge in [-0.15, -0.1) is 0 Å². The van der Waals surface area contributed by atoms with E-state index >= 15 is 0 Å². The van der Waals surface area contributed by atoms with E-state index in [1.807, 2.05) is 0 Å². The van der Waals surface area contributed by atoms with Gasteiger partial charge in [0.05, 0.1) is 6.61 Å². The first-order valence-corrected chi connectivity index (χ1v) is 5.73. The first kappa shape index (κ1) is 12.0. The van der Waals surface area contributed by atoms with Crippen LogP contribution in [0.25, 0.3) is 0 Å². The molecule has 2 atom stereocenters. The Bertz CT molecular complexity index is 152. The fourth-order valence-electron chi connectivity index (χ4n) is 2.18. The molecular formula is C11H24N2O. The maximum absolute atomic E-state index is 5.12. The van der Waals surface area contributed by atoms with Gasteiger partial charge >= 0.3 is 0 Å². The average molecular weight is 200 g/mol. The number of methoxy groups -OCH3 is 1. The number of ether oxygens (including phenoxy) is 1. The summed E-state index contributed by atoms with van der Waals surface area (Å²) in [6, 6.07) is 1.13. The highest BCUT2D eigenvalue weighted by atomic mass is 16.5. The van der Waals surface area contributed by atoms with E-state index in [4.69, 9.17) is 4.74 Å². The van der Waals surface area contributed by atoms with E-state index < -0.39 is 0 Å². The number of rotatable bonds is 5. The highest BCUT2D eigenvalue weighted by molar-refractivity contribution is 4.79. The lowest BCUT2D eigenvalue weighted by molar-refractivity contribution is 0.144. The van der Waals surface area contributed by atoms with Crippen molar-refractivity contribution in [2.45, 2.75) is 38.8 Å². The first-order chi connectivity index (χ1) is 6.76. The highest BCUT2D eigenvalue weighted by Gasteiger charge is 2.19. The molecule has 0 aromatic heterocycles. The molecule has 0 radical (unpaired) electrons. The molecule has 0 aromatic rings. The average Bonchev–Trinajstić information content (AvgIpc) is 2.18. The SMILES string of the molecule is CCN1CCCC(NC(C)COC)C1. The van der Waals surface area contributed by atoms with Crippen LogP contribution in [0.4, 0.5) is 0 Å². The zero-order valence-corrected chi connectivity index (χ0v) is 9.75. The lowest BCUT2D eigenvalue weighted by Gasteiger charge is -2.33. The third-order valence-corrected chi connectivity index (χ3v) is 2.89. The molecule has 0 amide bonds. The van der Waals surface area contributed by atoms with Crippen LogP contribution in [-0.4, -0.2) is 50.3 Å². The molecule has 1 heterocycles. The van der Waals surface area contributed by atoms with E-state index in [9.17, 15) is 0 Å². The summed E-state index contributed by atoms with van der Waals surface area (Å²) < 4.78 is 5.12. The van der Waals surface area contributed by atoms with Crippen LogP contribution in [0, 0.1) is 0 Å². The van der Waals surface area contributed by atoms with E-state index in [0.717, 1.165) is 6.61 Å². The standard InChI is InChI=1S/C11H24N2O/c1-4-13-7-5-6-11(8-13)12-10(2)9-14-3/h10-12H,4-9H2,1-3H3. The highest BCUT2D eigenvalue weighted by Crippen LogP contribution is 2.09. The molecule has 0 spiro atoms. The number of piperidine rings is 1. The molecular weight excluding hydrogens is 176 g/mol. The second-order valence-electron chi connectivity index (χ2n) is 4.26. The minimum absolute atomic E-state index is 0.474. The summed E-state index contributed by atoms with van der Waals surface area (Å²) in [6.45, 7) is 8.88. The molecule has 2 unspecified atom stereocenters. The predicted octanol–water partition coefficient (Wildman–Crippen LogP) is 1.10.